The lowest BCUT2D eigenvalue weighted by molar-refractivity contribution is 1.50. The first-order valence-electron chi connectivity index (χ1n) is 5.96. The molecule has 0 fully saturated rings. The van der Waals surface area contributed by atoms with Gasteiger partial charge in [-0.3, -0.25) is 0 Å². The van der Waals surface area contributed by atoms with Gasteiger partial charge in [0.05, 0.1) is 0 Å². The Morgan fingerprint density at radius 2 is 1.62 bits per heavy atom. The molecular formula is C16H22. The number of benzene rings is 1. The molecule has 0 amide bonds. The van der Waals surface area contributed by atoms with Crippen LogP contribution in [0.25, 0.3) is 17.7 Å². The van der Waals surface area contributed by atoms with Gasteiger partial charge >= 0.3 is 0 Å². The van der Waals surface area contributed by atoms with Gasteiger partial charge in [0.15, 0.2) is 0 Å². The standard InChI is InChI=1S/C12H10.2C2H6/c1-3-10-5-4-6-11-8-7-9(2)12(10)11;2*1-2/h3-8H,1-2H2;2*1-2H3. The van der Waals surface area contributed by atoms with E-state index in [2.05, 4.69) is 31.4 Å². The zero-order valence-electron chi connectivity index (χ0n) is 10.9. The summed E-state index contributed by atoms with van der Waals surface area (Å²) in [6, 6.07) is 6.19. The van der Waals surface area contributed by atoms with Crippen molar-refractivity contribution in [1.82, 2.24) is 0 Å². The molecule has 0 N–H and O–H groups in total. The third kappa shape index (κ3) is 2.96. The lowest BCUT2D eigenvalue weighted by Crippen LogP contribution is -1.84. The van der Waals surface area contributed by atoms with E-state index in [-0.39, 0.29) is 0 Å². The molecule has 0 radical (unpaired) electrons. The highest BCUT2D eigenvalue weighted by Gasteiger charge is 2.10. The van der Waals surface area contributed by atoms with Crippen LogP contribution in [0.15, 0.2) is 37.4 Å². The summed E-state index contributed by atoms with van der Waals surface area (Å²) in [5.74, 6) is 0. The van der Waals surface area contributed by atoms with Crippen molar-refractivity contribution in [3.05, 3.63) is 54.1 Å². The molecule has 1 aliphatic carbocycles. The van der Waals surface area contributed by atoms with Crippen molar-refractivity contribution in [2.24, 2.45) is 0 Å². The topological polar surface area (TPSA) is 0 Å². The van der Waals surface area contributed by atoms with Gasteiger partial charge in [-0.2, -0.15) is 0 Å². The van der Waals surface area contributed by atoms with Crippen LogP contribution in [0.1, 0.15) is 44.4 Å². The molecule has 2 rings (SSSR count). The fraction of sp³-hybridized carbons (Fsp3) is 0.250. The molecule has 0 unspecified atom stereocenters. The van der Waals surface area contributed by atoms with Crippen LogP contribution in [0, 0.1) is 0 Å². The minimum atomic E-state index is 1.08. The van der Waals surface area contributed by atoms with Crippen LogP contribution in [0.4, 0.5) is 0 Å². The first-order valence-corrected chi connectivity index (χ1v) is 5.96. The van der Waals surface area contributed by atoms with Crippen LogP contribution in [-0.2, 0) is 0 Å². The third-order valence-corrected chi connectivity index (χ3v) is 2.13. The third-order valence-electron chi connectivity index (χ3n) is 2.13. The molecule has 1 aromatic rings. The highest BCUT2D eigenvalue weighted by Crippen LogP contribution is 2.30. The van der Waals surface area contributed by atoms with Crippen LogP contribution in [0.3, 0.4) is 0 Å². The van der Waals surface area contributed by atoms with Crippen molar-refractivity contribution in [3.8, 4) is 0 Å². The second kappa shape index (κ2) is 7.70. The fourth-order valence-corrected chi connectivity index (χ4v) is 1.54. The van der Waals surface area contributed by atoms with E-state index < -0.39 is 0 Å². The van der Waals surface area contributed by atoms with Crippen molar-refractivity contribution in [3.63, 3.8) is 0 Å². The summed E-state index contributed by atoms with van der Waals surface area (Å²) < 4.78 is 0. The molecule has 0 heteroatoms. The number of rotatable bonds is 1. The predicted octanol–water partition coefficient (Wildman–Crippen LogP) is 5.42. The molecule has 0 saturated heterocycles. The Morgan fingerprint density at radius 1 is 1.00 bits per heavy atom. The van der Waals surface area contributed by atoms with E-state index in [1.807, 2.05) is 45.9 Å². The Labute approximate surface area is 100 Å². The number of allylic oxidation sites excluding steroid dienone is 2. The first-order chi connectivity index (χ1) is 7.83. The molecule has 1 aliphatic rings. The summed E-state index contributed by atoms with van der Waals surface area (Å²) in [5, 5.41) is 0. The van der Waals surface area contributed by atoms with Crippen molar-refractivity contribution < 1.29 is 0 Å². The van der Waals surface area contributed by atoms with E-state index in [9.17, 15) is 0 Å². The van der Waals surface area contributed by atoms with Crippen molar-refractivity contribution in [2.45, 2.75) is 27.7 Å². The van der Waals surface area contributed by atoms with Gasteiger partial charge in [-0.25, -0.2) is 0 Å². The molecule has 0 spiro atoms. The van der Waals surface area contributed by atoms with Crippen molar-refractivity contribution in [1.29, 1.82) is 0 Å². The average molecular weight is 214 g/mol. The van der Waals surface area contributed by atoms with Crippen molar-refractivity contribution in [2.75, 3.05) is 0 Å². The largest absolute Gasteiger partial charge is 0.0984 e. The number of fused-ring (bicyclic) bond motifs is 1. The van der Waals surface area contributed by atoms with Gasteiger partial charge in [-0.1, -0.05) is 77.3 Å². The SMILES string of the molecule is C=Cc1cccc2c1C(=C)C=C2.CC.CC. The van der Waals surface area contributed by atoms with E-state index >= 15 is 0 Å². The molecule has 0 heterocycles. The zero-order chi connectivity index (χ0) is 12.6. The highest BCUT2D eigenvalue weighted by molar-refractivity contribution is 5.92. The molecule has 0 saturated carbocycles. The van der Waals surface area contributed by atoms with Crippen LogP contribution >= 0.6 is 0 Å². The summed E-state index contributed by atoms with van der Waals surface area (Å²) in [5.41, 5.74) is 4.73. The molecule has 0 nitrogen and oxygen atoms in total. The summed E-state index contributed by atoms with van der Waals surface area (Å²) >= 11 is 0. The summed E-state index contributed by atoms with van der Waals surface area (Å²) in [4.78, 5) is 0. The monoisotopic (exact) mass is 214 g/mol. The number of hydrogen-bond donors (Lipinski definition) is 0. The minimum Gasteiger partial charge on any atom is -0.0984 e. The Balaban J connectivity index is 0.000000509. The minimum absolute atomic E-state index is 1.08. The van der Waals surface area contributed by atoms with Gasteiger partial charge in [0.25, 0.3) is 0 Å². The van der Waals surface area contributed by atoms with Gasteiger partial charge in [0.1, 0.15) is 0 Å². The Hall–Kier alpha value is -1.56. The van der Waals surface area contributed by atoms with Gasteiger partial charge in [0, 0.05) is 0 Å². The quantitative estimate of drug-likeness (QED) is 0.585. The molecule has 1 aromatic carbocycles. The van der Waals surface area contributed by atoms with E-state index in [1.165, 1.54) is 16.7 Å². The highest BCUT2D eigenvalue weighted by atomic mass is 14.1. The smallest absolute Gasteiger partial charge is 0.00450 e. The second-order valence-electron chi connectivity index (χ2n) is 2.87. The molecule has 16 heavy (non-hydrogen) atoms. The molecule has 0 aliphatic heterocycles. The lowest BCUT2D eigenvalue weighted by Gasteiger charge is -2.03. The van der Waals surface area contributed by atoms with Crippen LogP contribution in [0.2, 0.25) is 0 Å². The van der Waals surface area contributed by atoms with Crippen LogP contribution in [0.5, 0.6) is 0 Å². The first kappa shape index (κ1) is 14.4. The lowest BCUT2D eigenvalue weighted by atomic mass is 10.0. The molecular weight excluding hydrogens is 192 g/mol. The molecule has 0 bridgehead atoms. The van der Waals surface area contributed by atoms with E-state index in [0.29, 0.717) is 0 Å². The van der Waals surface area contributed by atoms with E-state index in [0.717, 1.165) is 5.57 Å². The second-order valence-corrected chi connectivity index (χ2v) is 2.87. The van der Waals surface area contributed by atoms with Crippen LogP contribution in [-0.4, -0.2) is 0 Å². The van der Waals surface area contributed by atoms with E-state index in [4.69, 9.17) is 0 Å². The van der Waals surface area contributed by atoms with E-state index in [1.54, 1.807) is 0 Å². The van der Waals surface area contributed by atoms with Gasteiger partial charge < -0.3 is 0 Å². The predicted molar refractivity (Wildman–Crippen MR) is 77.3 cm³/mol. The molecule has 0 atom stereocenters. The Bertz CT molecular complexity index is 381. The summed E-state index contributed by atoms with van der Waals surface area (Å²) in [6.07, 6.45) is 6.00. The molecule has 86 valence electrons. The Morgan fingerprint density at radius 3 is 2.19 bits per heavy atom. The fourth-order valence-electron chi connectivity index (χ4n) is 1.54. The number of hydrogen-bond acceptors (Lipinski definition) is 0. The summed E-state index contributed by atoms with van der Waals surface area (Å²) in [6.45, 7) is 15.7. The average Bonchev–Trinajstić information content (AvgIpc) is 2.76. The van der Waals surface area contributed by atoms with Crippen LogP contribution < -0.4 is 0 Å². The Kier molecular flexibility index (Phi) is 6.95. The summed E-state index contributed by atoms with van der Waals surface area (Å²) in [7, 11) is 0. The van der Waals surface area contributed by atoms with Crippen molar-refractivity contribution >= 4 is 17.7 Å². The maximum Gasteiger partial charge on any atom is -0.00450 e. The van der Waals surface area contributed by atoms with Gasteiger partial charge in [-0.05, 0) is 22.3 Å². The van der Waals surface area contributed by atoms with Gasteiger partial charge in [0.2, 0.25) is 0 Å². The maximum atomic E-state index is 3.97. The zero-order valence-corrected chi connectivity index (χ0v) is 10.9. The maximum absolute atomic E-state index is 3.97. The molecule has 0 aromatic heterocycles. The van der Waals surface area contributed by atoms with Gasteiger partial charge in [-0.15, -0.1) is 0 Å². The normalized spacial score (nSPS) is 10.6.